The fraction of sp³-hybridized carbons (Fsp3) is 0.647. The van der Waals surface area contributed by atoms with E-state index in [4.69, 9.17) is 9.47 Å². The Balaban J connectivity index is 1.69. The molecule has 0 amide bonds. The van der Waals surface area contributed by atoms with Crippen molar-refractivity contribution in [2.45, 2.75) is 45.3 Å². The summed E-state index contributed by atoms with van der Waals surface area (Å²) in [5.74, 6) is 1.07. The van der Waals surface area contributed by atoms with E-state index in [9.17, 15) is 0 Å². The monoisotopic (exact) mass is 275 g/mol. The van der Waals surface area contributed by atoms with Crippen LogP contribution in [-0.4, -0.2) is 31.9 Å². The first-order chi connectivity index (χ1) is 9.73. The standard InChI is InChI=1S/C17H25NO2/c1-3-18-12-17(8-9-19-13(17)2)11-15-10-14-6-4-5-7-16(14)20-15/h4-7,13,15,18H,3,8-12H2,1-2H3. The number of rotatable bonds is 5. The lowest BCUT2D eigenvalue weighted by Gasteiger charge is -2.34. The molecule has 0 radical (unpaired) electrons. The minimum Gasteiger partial charge on any atom is -0.490 e. The average Bonchev–Trinajstić information content (AvgIpc) is 3.01. The van der Waals surface area contributed by atoms with E-state index in [-0.39, 0.29) is 5.41 Å². The van der Waals surface area contributed by atoms with Crippen molar-refractivity contribution in [1.82, 2.24) is 5.32 Å². The molecule has 0 aromatic heterocycles. The van der Waals surface area contributed by atoms with E-state index >= 15 is 0 Å². The van der Waals surface area contributed by atoms with Crippen LogP contribution in [0.25, 0.3) is 0 Å². The van der Waals surface area contributed by atoms with Crippen LogP contribution < -0.4 is 10.1 Å². The molecule has 1 aromatic carbocycles. The van der Waals surface area contributed by atoms with E-state index in [1.54, 1.807) is 0 Å². The van der Waals surface area contributed by atoms with Crippen molar-refractivity contribution < 1.29 is 9.47 Å². The lowest BCUT2D eigenvalue weighted by molar-refractivity contribution is 0.0372. The summed E-state index contributed by atoms with van der Waals surface area (Å²) in [6.07, 6.45) is 3.87. The predicted octanol–water partition coefficient (Wildman–Crippen LogP) is 2.78. The predicted molar refractivity (Wildman–Crippen MR) is 80.2 cm³/mol. The van der Waals surface area contributed by atoms with Gasteiger partial charge in [0.05, 0.1) is 6.10 Å². The van der Waals surface area contributed by atoms with Crippen LogP contribution in [0.4, 0.5) is 0 Å². The lowest BCUT2D eigenvalue weighted by Crippen LogP contribution is -2.42. The number of hydrogen-bond donors (Lipinski definition) is 1. The van der Waals surface area contributed by atoms with E-state index in [1.165, 1.54) is 5.56 Å². The highest BCUT2D eigenvalue weighted by atomic mass is 16.5. The third-order valence-electron chi connectivity index (χ3n) is 4.91. The van der Waals surface area contributed by atoms with E-state index in [0.717, 1.165) is 44.7 Å². The molecule has 3 unspecified atom stereocenters. The molecule has 3 nitrogen and oxygen atoms in total. The van der Waals surface area contributed by atoms with Gasteiger partial charge in [-0.15, -0.1) is 0 Å². The van der Waals surface area contributed by atoms with Crippen LogP contribution in [0.3, 0.4) is 0 Å². The van der Waals surface area contributed by atoms with Gasteiger partial charge in [-0.3, -0.25) is 0 Å². The maximum absolute atomic E-state index is 6.14. The molecule has 1 N–H and O–H groups in total. The lowest BCUT2D eigenvalue weighted by atomic mass is 9.76. The topological polar surface area (TPSA) is 30.5 Å². The Morgan fingerprint density at radius 3 is 2.90 bits per heavy atom. The Morgan fingerprint density at radius 1 is 1.35 bits per heavy atom. The fourth-order valence-electron chi connectivity index (χ4n) is 3.59. The Hall–Kier alpha value is -1.06. The number of ether oxygens (including phenoxy) is 2. The van der Waals surface area contributed by atoms with Gasteiger partial charge in [-0.05, 0) is 37.9 Å². The summed E-state index contributed by atoms with van der Waals surface area (Å²) in [5.41, 5.74) is 1.57. The van der Waals surface area contributed by atoms with Crippen molar-refractivity contribution in [3.63, 3.8) is 0 Å². The minimum atomic E-state index is 0.225. The smallest absolute Gasteiger partial charge is 0.123 e. The van der Waals surface area contributed by atoms with Crippen LogP contribution in [0.5, 0.6) is 5.75 Å². The molecule has 1 aromatic rings. The maximum atomic E-state index is 6.14. The van der Waals surface area contributed by atoms with Crippen LogP contribution in [0.2, 0.25) is 0 Å². The van der Waals surface area contributed by atoms with Gasteiger partial charge in [0.25, 0.3) is 0 Å². The quantitative estimate of drug-likeness (QED) is 0.896. The molecule has 0 aliphatic carbocycles. The average molecular weight is 275 g/mol. The number of hydrogen-bond acceptors (Lipinski definition) is 3. The Labute approximate surface area is 121 Å². The third-order valence-corrected chi connectivity index (χ3v) is 4.91. The van der Waals surface area contributed by atoms with Gasteiger partial charge in [-0.25, -0.2) is 0 Å². The Morgan fingerprint density at radius 2 is 2.20 bits per heavy atom. The second-order valence-electron chi connectivity index (χ2n) is 6.16. The highest BCUT2D eigenvalue weighted by Gasteiger charge is 2.44. The first kappa shape index (κ1) is 13.9. The van der Waals surface area contributed by atoms with Crippen molar-refractivity contribution in [1.29, 1.82) is 0 Å². The molecular weight excluding hydrogens is 250 g/mol. The molecular formula is C17H25NO2. The molecule has 1 saturated heterocycles. The second-order valence-corrected chi connectivity index (χ2v) is 6.16. The van der Waals surface area contributed by atoms with E-state index in [0.29, 0.717) is 12.2 Å². The summed E-state index contributed by atoms with van der Waals surface area (Å²) >= 11 is 0. The number of nitrogens with one attached hydrogen (secondary N) is 1. The maximum Gasteiger partial charge on any atom is 0.123 e. The molecule has 0 spiro atoms. The number of para-hydroxylation sites is 1. The zero-order chi connectivity index (χ0) is 14.0. The molecule has 2 aliphatic rings. The van der Waals surface area contributed by atoms with Crippen LogP contribution >= 0.6 is 0 Å². The van der Waals surface area contributed by atoms with Gasteiger partial charge in [-0.2, -0.15) is 0 Å². The molecule has 20 heavy (non-hydrogen) atoms. The van der Waals surface area contributed by atoms with Crippen molar-refractivity contribution in [3.8, 4) is 5.75 Å². The molecule has 3 atom stereocenters. The molecule has 3 rings (SSSR count). The summed E-state index contributed by atoms with van der Waals surface area (Å²) in [6, 6.07) is 8.42. The van der Waals surface area contributed by atoms with E-state index in [1.807, 2.05) is 0 Å². The Kier molecular flexibility index (Phi) is 3.99. The van der Waals surface area contributed by atoms with Crippen LogP contribution in [0.15, 0.2) is 24.3 Å². The van der Waals surface area contributed by atoms with Crippen molar-refractivity contribution in [3.05, 3.63) is 29.8 Å². The molecule has 0 saturated carbocycles. The van der Waals surface area contributed by atoms with Gasteiger partial charge in [0.15, 0.2) is 0 Å². The first-order valence-electron chi connectivity index (χ1n) is 7.80. The van der Waals surface area contributed by atoms with Crippen LogP contribution in [0.1, 0.15) is 32.3 Å². The largest absolute Gasteiger partial charge is 0.490 e. The number of fused-ring (bicyclic) bond motifs is 1. The third kappa shape index (κ3) is 2.57. The van der Waals surface area contributed by atoms with E-state index < -0.39 is 0 Å². The second kappa shape index (κ2) is 5.74. The minimum absolute atomic E-state index is 0.225. The Bertz CT molecular complexity index is 437. The number of benzene rings is 1. The highest BCUT2D eigenvalue weighted by Crippen LogP contribution is 2.42. The zero-order valence-electron chi connectivity index (χ0n) is 12.5. The van der Waals surface area contributed by atoms with Gasteiger partial charge in [0.1, 0.15) is 11.9 Å². The summed E-state index contributed by atoms with van der Waals surface area (Å²) in [7, 11) is 0. The summed E-state index contributed by atoms with van der Waals surface area (Å²) in [5, 5.41) is 3.52. The van der Waals surface area contributed by atoms with E-state index in [2.05, 4.69) is 43.4 Å². The summed E-state index contributed by atoms with van der Waals surface area (Å²) in [4.78, 5) is 0. The van der Waals surface area contributed by atoms with Crippen molar-refractivity contribution in [2.75, 3.05) is 19.7 Å². The van der Waals surface area contributed by atoms with Crippen molar-refractivity contribution in [2.24, 2.45) is 5.41 Å². The molecule has 110 valence electrons. The molecule has 0 bridgehead atoms. The van der Waals surface area contributed by atoms with Crippen molar-refractivity contribution >= 4 is 0 Å². The zero-order valence-corrected chi connectivity index (χ0v) is 12.5. The molecule has 3 heteroatoms. The van der Waals surface area contributed by atoms with Crippen LogP contribution in [0, 0.1) is 5.41 Å². The SMILES string of the molecule is CCNCC1(CC2Cc3ccccc3O2)CCOC1C. The van der Waals surface area contributed by atoms with Gasteiger partial charge >= 0.3 is 0 Å². The molecule has 2 aliphatic heterocycles. The molecule has 2 heterocycles. The highest BCUT2D eigenvalue weighted by molar-refractivity contribution is 5.37. The summed E-state index contributed by atoms with van der Waals surface area (Å²) < 4.78 is 12.0. The first-order valence-corrected chi connectivity index (χ1v) is 7.80. The van der Waals surface area contributed by atoms with Gasteiger partial charge in [0, 0.05) is 25.0 Å². The van der Waals surface area contributed by atoms with Gasteiger partial charge < -0.3 is 14.8 Å². The summed E-state index contributed by atoms with van der Waals surface area (Å²) in [6.45, 7) is 7.30. The molecule has 1 fully saturated rings. The fourth-order valence-corrected chi connectivity index (χ4v) is 3.59. The van der Waals surface area contributed by atoms with Gasteiger partial charge in [0.2, 0.25) is 0 Å². The van der Waals surface area contributed by atoms with Gasteiger partial charge in [-0.1, -0.05) is 25.1 Å². The normalized spacial score (nSPS) is 32.1. The van der Waals surface area contributed by atoms with Crippen LogP contribution in [-0.2, 0) is 11.2 Å².